The van der Waals surface area contributed by atoms with Gasteiger partial charge in [0, 0.05) is 47.9 Å². The fraction of sp³-hybridized carbons (Fsp3) is 0.424. The summed E-state index contributed by atoms with van der Waals surface area (Å²) < 4.78 is 5.69. The number of guanidine groups is 1. The summed E-state index contributed by atoms with van der Waals surface area (Å²) in [6, 6.07) is 13.0. The molecule has 2 aliphatic rings. The maximum atomic E-state index is 13.7. The molecule has 1 atom stereocenters. The number of anilines is 1. The quantitative estimate of drug-likeness (QED) is 0.276. The van der Waals surface area contributed by atoms with Crippen molar-refractivity contribution in [3.05, 3.63) is 65.4 Å². The standard InChI is InChI=1S/C33H40N6O5/c1-21(2)34-30(41)23-9-11-24(12-10-23)31(42)37-33(35-26-13-14-28-25(19-26)18-22(3)44-28)36-27-8-4-5-17-39(32(27)43)20-29(40)38-15-6-7-16-38/h9-14,18-19,21,27H,4-8,15-17,20H2,1-3H3,(H,34,41)(H2,35,36,37,42). The van der Waals surface area contributed by atoms with Crippen molar-refractivity contribution in [2.45, 2.75) is 65.0 Å². The minimum absolute atomic E-state index is 0.0125. The second-order valence-corrected chi connectivity index (χ2v) is 11.7. The number of fused-ring (bicyclic) bond motifs is 1. The number of hydrogen-bond acceptors (Lipinski definition) is 6. The summed E-state index contributed by atoms with van der Waals surface area (Å²) in [5.74, 6) is -0.0547. The second kappa shape index (κ2) is 13.7. The molecule has 5 rings (SSSR count). The molecule has 0 spiro atoms. The van der Waals surface area contributed by atoms with Crippen LogP contribution in [0.15, 0.2) is 57.9 Å². The monoisotopic (exact) mass is 600 g/mol. The Bertz CT molecular complexity index is 1550. The SMILES string of the molecule is Cc1cc2cc(NC(=NC3CCCCN(CC(=O)N4CCCC4)C3=O)NC(=O)c3ccc(C(=O)NC(C)C)cc3)ccc2o1. The third kappa shape index (κ3) is 7.64. The smallest absolute Gasteiger partial charge is 0.257 e. The van der Waals surface area contributed by atoms with E-state index in [1.165, 1.54) is 0 Å². The zero-order valence-electron chi connectivity index (χ0n) is 25.5. The molecule has 11 nitrogen and oxygen atoms in total. The van der Waals surface area contributed by atoms with Crippen molar-refractivity contribution in [1.82, 2.24) is 20.4 Å². The van der Waals surface area contributed by atoms with Gasteiger partial charge in [0.05, 0.1) is 6.54 Å². The molecule has 3 N–H and O–H groups in total. The average molecular weight is 601 g/mol. The largest absolute Gasteiger partial charge is 0.461 e. The van der Waals surface area contributed by atoms with E-state index in [4.69, 9.17) is 9.41 Å². The molecule has 0 aliphatic carbocycles. The second-order valence-electron chi connectivity index (χ2n) is 11.7. The molecule has 2 aliphatic heterocycles. The highest BCUT2D eigenvalue weighted by atomic mass is 16.3. The predicted octanol–water partition coefficient (Wildman–Crippen LogP) is 4.08. The molecule has 0 saturated carbocycles. The molecule has 2 saturated heterocycles. The van der Waals surface area contributed by atoms with Gasteiger partial charge in [0.15, 0.2) is 0 Å². The Labute approximate surface area is 257 Å². The molecular formula is C33H40N6O5. The van der Waals surface area contributed by atoms with Crippen LogP contribution < -0.4 is 16.0 Å². The number of likely N-dealkylation sites (tertiary alicyclic amines) is 2. The molecule has 3 heterocycles. The lowest BCUT2D eigenvalue weighted by molar-refractivity contribution is -0.140. The maximum Gasteiger partial charge on any atom is 0.257 e. The first-order chi connectivity index (χ1) is 21.2. The van der Waals surface area contributed by atoms with Gasteiger partial charge < -0.3 is 24.9 Å². The molecule has 0 radical (unpaired) electrons. The summed E-state index contributed by atoms with van der Waals surface area (Å²) in [5, 5.41) is 9.73. The van der Waals surface area contributed by atoms with Crippen molar-refractivity contribution in [1.29, 1.82) is 0 Å². The van der Waals surface area contributed by atoms with Gasteiger partial charge in [-0.2, -0.15) is 0 Å². The fourth-order valence-corrected chi connectivity index (χ4v) is 5.53. The zero-order valence-corrected chi connectivity index (χ0v) is 25.5. The van der Waals surface area contributed by atoms with Crippen molar-refractivity contribution in [3.63, 3.8) is 0 Å². The number of carbonyl (C=O) groups excluding carboxylic acids is 4. The fourth-order valence-electron chi connectivity index (χ4n) is 5.53. The first-order valence-corrected chi connectivity index (χ1v) is 15.3. The van der Waals surface area contributed by atoms with Crippen LogP contribution in [-0.2, 0) is 9.59 Å². The van der Waals surface area contributed by atoms with Crippen molar-refractivity contribution >= 4 is 46.2 Å². The van der Waals surface area contributed by atoms with Gasteiger partial charge in [-0.3, -0.25) is 24.5 Å². The molecule has 3 aromatic rings. The van der Waals surface area contributed by atoms with Crippen molar-refractivity contribution in [2.24, 2.45) is 4.99 Å². The summed E-state index contributed by atoms with van der Waals surface area (Å²) in [7, 11) is 0. The van der Waals surface area contributed by atoms with Crippen LogP contribution in [0.5, 0.6) is 0 Å². The van der Waals surface area contributed by atoms with Gasteiger partial charge in [-0.1, -0.05) is 0 Å². The van der Waals surface area contributed by atoms with Gasteiger partial charge in [-0.05, 0) is 101 Å². The van der Waals surface area contributed by atoms with E-state index in [0.29, 0.717) is 29.8 Å². The van der Waals surface area contributed by atoms with Crippen LogP contribution >= 0.6 is 0 Å². The minimum Gasteiger partial charge on any atom is -0.461 e. The predicted molar refractivity (Wildman–Crippen MR) is 169 cm³/mol. The molecule has 44 heavy (non-hydrogen) atoms. The zero-order chi connectivity index (χ0) is 31.2. The average Bonchev–Trinajstić information content (AvgIpc) is 3.63. The van der Waals surface area contributed by atoms with E-state index in [2.05, 4.69) is 16.0 Å². The topological polar surface area (TPSA) is 136 Å². The van der Waals surface area contributed by atoms with Crippen molar-refractivity contribution in [3.8, 4) is 0 Å². The van der Waals surface area contributed by atoms with E-state index in [1.54, 1.807) is 29.2 Å². The number of hydrogen-bond donors (Lipinski definition) is 3. The van der Waals surface area contributed by atoms with E-state index < -0.39 is 11.9 Å². The Hall–Kier alpha value is -4.67. The lowest BCUT2D eigenvalue weighted by Crippen LogP contribution is -2.45. The third-order valence-electron chi connectivity index (χ3n) is 7.79. The summed E-state index contributed by atoms with van der Waals surface area (Å²) in [6.07, 6.45) is 4.00. The number of carbonyl (C=O) groups is 4. The van der Waals surface area contributed by atoms with Crippen LogP contribution in [0, 0.1) is 6.92 Å². The molecule has 2 fully saturated rings. The van der Waals surface area contributed by atoms with Crippen LogP contribution in [0.4, 0.5) is 5.69 Å². The molecule has 1 aromatic heterocycles. The first kappa shape index (κ1) is 30.8. The van der Waals surface area contributed by atoms with Crippen LogP contribution in [0.25, 0.3) is 11.0 Å². The molecule has 4 amide bonds. The van der Waals surface area contributed by atoms with E-state index in [-0.39, 0.29) is 36.3 Å². The third-order valence-corrected chi connectivity index (χ3v) is 7.79. The Morgan fingerprint density at radius 1 is 0.932 bits per heavy atom. The van der Waals surface area contributed by atoms with Gasteiger partial charge >= 0.3 is 0 Å². The Kier molecular flexibility index (Phi) is 9.62. The number of nitrogens with one attached hydrogen (secondary N) is 3. The molecule has 232 valence electrons. The highest BCUT2D eigenvalue weighted by Crippen LogP contribution is 2.23. The molecular weight excluding hydrogens is 560 g/mol. The summed E-state index contributed by atoms with van der Waals surface area (Å²) >= 11 is 0. The number of furan rings is 1. The number of amides is 4. The normalized spacial score (nSPS) is 17.6. The Balaban J connectivity index is 1.38. The van der Waals surface area contributed by atoms with Gasteiger partial charge in [0.2, 0.25) is 17.8 Å². The first-order valence-electron chi connectivity index (χ1n) is 15.3. The van der Waals surface area contributed by atoms with Crippen molar-refractivity contribution < 1.29 is 23.6 Å². The van der Waals surface area contributed by atoms with Gasteiger partial charge in [-0.15, -0.1) is 0 Å². The molecule has 2 aromatic carbocycles. The van der Waals surface area contributed by atoms with Crippen LogP contribution in [-0.4, -0.2) is 77.7 Å². The Morgan fingerprint density at radius 3 is 2.32 bits per heavy atom. The maximum absolute atomic E-state index is 13.7. The highest BCUT2D eigenvalue weighted by Gasteiger charge is 2.30. The van der Waals surface area contributed by atoms with E-state index >= 15 is 0 Å². The number of rotatable bonds is 7. The number of aliphatic imine (C=N–C) groups is 1. The van der Waals surface area contributed by atoms with E-state index in [9.17, 15) is 19.2 Å². The summed E-state index contributed by atoms with van der Waals surface area (Å²) in [6.45, 7) is 7.61. The molecule has 11 heteroatoms. The number of nitrogens with zero attached hydrogens (tertiary/aromatic N) is 3. The lowest BCUT2D eigenvalue weighted by atomic mass is 10.1. The highest BCUT2D eigenvalue weighted by molar-refractivity contribution is 6.11. The number of benzene rings is 2. The molecule has 0 bridgehead atoms. The minimum atomic E-state index is -0.770. The van der Waals surface area contributed by atoms with E-state index in [1.807, 2.05) is 49.9 Å². The van der Waals surface area contributed by atoms with Crippen LogP contribution in [0.2, 0.25) is 0 Å². The van der Waals surface area contributed by atoms with E-state index in [0.717, 1.165) is 55.5 Å². The van der Waals surface area contributed by atoms with Crippen LogP contribution in [0.1, 0.15) is 72.4 Å². The molecule has 1 unspecified atom stereocenters. The number of aryl methyl sites for hydroxylation is 1. The lowest BCUT2D eigenvalue weighted by Gasteiger charge is -2.25. The summed E-state index contributed by atoms with van der Waals surface area (Å²) in [5.41, 5.74) is 2.15. The van der Waals surface area contributed by atoms with Gasteiger partial charge in [-0.25, -0.2) is 4.99 Å². The van der Waals surface area contributed by atoms with Crippen molar-refractivity contribution in [2.75, 3.05) is 31.5 Å². The van der Waals surface area contributed by atoms with Gasteiger partial charge in [0.25, 0.3) is 11.8 Å². The van der Waals surface area contributed by atoms with Crippen LogP contribution in [0.3, 0.4) is 0 Å². The summed E-state index contributed by atoms with van der Waals surface area (Å²) in [4.78, 5) is 60.4. The Morgan fingerprint density at radius 2 is 1.61 bits per heavy atom. The van der Waals surface area contributed by atoms with Gasteiger partial charge in [0.1, 0.15) is 17.4 Å².